The summed E-state index contributed by atoms with van der Waals surface area (Å²) in [6, 6.07) is 11.6. The Morgan fingerprint density at radius 2 is 1.76 bits per heavy atom. The topological polar surface area (TPSA) is 107 Å². The summed E-state index contributed by atoms with van der Waals surface area (Å²) >= 11 is 0. The Bertz CT molecular complexity index is 991. The second-order valence-electron chi connectivity index (χ2n) is 5.84. The van der Waals surface area contributed by atoms with Crippen LogP contribution in [-0.4, -0.2) is 54.7 Å². The molecule has 0 spiro atoms. The Morgan fingerprint density at radius 1 is 1.07 bits per heavy atom. The number of nitrogens with zero attached hydrogens (tertiary/aromatic N) is 2. The third-order valence-corrected chi connectivity index (χ3v) is 5.00. The normalized spacial score (nSPS) is 11.2. The van der Waals surface area contributed by atoms with Gasteiger partial charge in [0.2, 0.25) is 10.0 Å². The lowest BCUT2D eigenvalue weighted by Gasteiger charge is -2.23. The maximum Gasteiger partial charge on any atom is 0.260 e. The smallest absolute Gasteiger partial charge is 0.260 e. The Kier molecular flexibility index (Phi) is 7.43. The van der Waals surface area contributed by atoms with Gasteiger partial charge in [-0.2, -0.15) is 5.10 Å². The molecule has 0 bridgehead atoms. The Balaban J connectivity index is 2.15. The molecule has 0 fully saturated rings. The highest BCUT2D eigenvalue weighted by molar-refractivity contribution is 7.92. The number of ether oxygens (including phenoxy) is 3. The number of amides is 1. The zero-order valence-electron chi connectivity index (χ0n) is 16.6. The van der Waals surface area contributed by atoms with Crippen LogP contribution in [0.1, 0.15) is 5.56 Å². The standard InChI is InChI=1S/C19H23N3O6S/c1-26-15-10-9-14(18(11-15)28-3)12-20-21-19(23)13-22(29(4,24)25)16-7-5-6-8-17(16)27-2/h5-12H,13H2,1-4H3,(H,21,23)/b20-12-. The Hall–Kier alpha value is -3.27. The number of benzene rings is 2. The van der Waals surface area contributed by atoms with Gasteiger partial charge in [0.05, 0.1) is 39.5 Å². The van der Waals surface area contributed by atoms with E-state index in [0.29, 0.717) is 22.8 Å². The first-order chi connectivity index (χ1) is 13.8. The van der Waals surface area contributed by atoms with Gasteiger partial charge in [0.15, 0.2) is 0 Å². The van der Waals surface area contributed by atoms with Crippen molar-refractivity contribution in [2.75, 3.05) is 38.4 Å². The molecular weight excluding hydrogens is 398 g/mol. The van der Waals surface area contributed by atoms with Crippen molar-refractivity contribution in [2.45, 2.75) is 0 Å². The molecular formula is C19H23N3O6S. The van der Waals surface area contributed by atoms with Crippen LogP contribution in [0.2, 0.25) is 0 Å². The van der Waals surface area contributed by atoms with Crippen LogP contribution in [0.15, 0.2) is 47.6 Å². The number of carbonyl (C=O) groups excluding carboxylic acids is 1. The van der Waals surface area contributed by atoms with Gasteiger partial charge in [-0.25, -0.2) is 13.8 Å². The van der Waals surface area contributed by atoms with E-state index in [1.165, 1.54) is 27.5 Å². The molecule has 0 unspecified atom stereocenters. The molecule has 0 atom stereocenters. The lowest BCUT2D eigenvalue weighted by Crippen LogP contribution is -2.39. The van der Waals surface area contributed by atoms with Gasteiger partial charge in [-0.15, -0.1) is 0 Å². The third kappa shape index (κ3) is 5.85. The van der Waals surface area contributed by atoms with Crippen LogP contribution in [0, 0.1) is 0 Å². The quantitative estimate of drug-likeness (QED) is 0.487. The molecule has 29 heavy (non-hydrogen) atoms. The molecule has 0 saturated heterocycles. The summed E-state index contributed by atoms with van der Waals surface area (Å²) in [4.78, 5) is 12.3. The first-order valence-electron chi connectivity index (χ1n) is 8.44. The van der Waals surface area contributed by atoms with E-state index in [2.05, 4.69) is 10.5 Å². The van der Waals surface area contributed by atoms with Crippen molar-refractivity contribution >= 4 is 27.8 Å². The number of rotatable bonds is 9. The molecule has 0 aliphatic heterocycles. The molecule has 2 rings (SSSR count). The van der Waals surface area contributed by atoms with E-state index >= 15 is 0 Å². The van der Waals surface area contributed by atoms with Gasteiger partial charge >= 0.3 is 0 Å². The van der Waals surface area contributed by atoms with Crippen LogP contribution in [-0.2, 0) is 14.8 Å². The van der Waals surface area contributed by atoms with Crippen molar-refractivity contribution in [3.63, 3.8) is 0 Å². The van der Waals surface area contributed by atoms with E-state index in [-0.39, 0.29) is 5.69 Å². The predicted molar refractivity (Wildman–Crippen MR) is 110 cm³/mol. The summed E-state index contributed by atoms with van der Waals surface area (Å²) in [6.07, 6.45) is 2.41. The second kappa shape index (κ2) is 9.78. The highest BCUT2D eigenvalue weighted by Crippen LogP contribution is 2.29. The molecule has 9 nitrogen and oxygen atoms in total. The highest BCUT2D eigenvalue weighted by Gasteiger charge is 2.23. The average Bonchev–Trinajstić information content (AvgIpc) is 2.71. The zero-order valence-corrected chi connectivity index (χ0v) is 17.4. The van der Waals surface area contributed by atoms with Crippen LogP contribution in [0.4, 0.5) is 5.69 Å². The van der Waals surface area contributed by atoms with Crippen molar-refractivity contribution in [1.82, 2.24) is 5.43 Å². The van der Waals surface area contributed by atoms with E-state index in [1.54, 1.807) is 42.5 Å². The number of methoxy groups -OCH3 is 3. The van der Waals surface area contributed by atoms with Gasteiger partial charge in [-0.05, 0) is 24.3 Å². The zero-order chi connectivity index (χ0) is 21.4. The van der Waals surface area contributed by atoms with Crippen LogP contribution >= 0.6 is 0 Å². The van der Waals surface area contributed by atoms with E-state index in [1.807, 2.05) is 0 Å². The van der Waals surface area contributed by atoms with E-state index < -0.39 is 22.5 Å². The molecule has 2 aromatic rings. The van der Waals surface area contributed by atoms with Crippen molar-refractivity contribution in [3.8, 4) is 17.2 Å². The summed E-state index contributed by atoms with van der Waals surface area (Å²) in [5, 5.41) is 3.88. The largest absolute Gasteiger partial charge is 0.497 e. The molecule has 0 aliphatic carbocycles. The molecule has 0 aliphatic rings. The van der Waals surface area contributed by atoms with Crippen molar-refractivity contribution in [3.05, 3.63) is 48.0 Å². The minimum Gasteiger partial charge on any atom is -0.497 e. The van der Waals surface area contributed by atoms with Gasteiger partial charge in [0.1, 0.15) is 23.8 Å². The molecule has 0 heterocycles. The molecule has 0 saturated carbocycles. The maximum absolute atomic E-state index is 12.3. The number of hydrogen-bond acceptors (Lipinski definition) is 7. The van der Waals surface area contributed by atoms with Gasteiger partial charge in [0, 0.05) is 11.6 Å². The molecule has 0 aromatic heterocycles. The number of hydrazone groups is 1. The monoisotopic (exact) mass is 421 g/mol. The number of nitrogens with one attached hydrogen (secondary N) is 1. The van der Waals surface area contributed by atoms with Gasteiger partial charge in [0.25, 0.3) is 5.91 Å². The van der Waals surface area contributed by atoms with Gasteiger partial charge in [-0.3, -0.25) is 9.10 Å². The fraction of sp³-hybridized carbons (Fsp3) is 0.263. The van der Waals surface area contributed by atoms with Crippen LogP contribution in [0.3, 0.4) is 0 Å². The fourth-order valence-electron chi connectivity index (χ4n) is 2.48. The maximum atomic E-state index is 12.3. The summed E-state index contributed by atoms with van der Waals surface area (Å²) in [6.45, 7) is -0.462. The average molecular weight is 421 g/mol. The van der Waals surface area contributed by atoms with Crippen LogP contribution in [0.25, 0.3) is 0 Å². The summed E-state index contributed by atoms with van der Waals surface area (Å²) in [5.41, 5.74) is 3.19. The summed E-state index contributed by atoms with van der Waals surface area (Å²) in [7, 11) is 0.730. The second-order valence-corrected chi connectivity index (χ2v) is 7.75. The van der Waals surface area contributed by atoms with E-state index in [4.69, 9.17) is 14.2 Å². The first-order valence-corrected chi connectivity index (χ1v) is 10.3. The van der Waals surface area contributed by atoms with Gasteiger partial charge in [-0.1, -0.05) is 12.1 Å². The molecule has 10 heteroatoms. The summed E-state index contributed by atoms with van der Waals surface area (Å²) < 4.78 is 40.9. The minimum atomic E-state index is -3.73. The fourth-order valence-corrected chi connectivity index (χ4v) is 3.34. The van der Waals surface area contributed by atoms with Crippen LogP contribution in [0.5, 0.6) is 17.2 Å². The minimum absolute atomic E-state index is 0.258. The van der Waals surface area contributed by atoms with E-state index in [9.17, 15) is 13.2 Å². The van der Waals surface area contributed by atoms with Crippen molar-refractivity contribution in [1.29, 1.82) is 0 Å². The molecule has 2 aromatic carbocycles. The number of sulfonamides is 1. The van der Waals surface area contributed by atoms with E-state index in [0.717, 1.165) is 10.6 Å². The lowest BCUT2D eigenvalue weighted by atomic mass is 10.2. The molecule has 156 valence electrons. The van der Waals surface area contributed by atoms with Crippen molar-refractivity contribution in [2.24, 2.45) is 5.10 Å². The number of carbonyl (C=O) groups is 1. The Morgan fingerprint density at radius 3 is 2.38 bits per heavy atom. The Labute approximate surface area is 169 Å². The number of hydrogen-bond donors (Lipinski definition) is 1. The van der Waals surface area contributed by atoms with Crippen LogP contribution < -0.4 is 23.9 Å². The highest BCUT2D eigenvalue weighted by atomic mass is 32.2. The number of anilines is 1. The number of para-hydroxylation sites is 2. The van der Waals surface area contributed by atoms with Crippen molar-refractivity contribution < 1.29 is 27.4 Å². The predicted octanol–water partition coefficient (Wildman–Crippen LogP) is 1.63. The SMILES string of the molecule is COc1ccc(/C=N\NC(=O)CN(c2ccccc2OC)S(C)(=O)=O)c(OC)c1. The molecule has 1 amide bonds. The lowest BCUT2D eigenvalue weighted by molar-refractivity contribution is -0.119. The van der Waals surface area contributed by atoms with Gasteiger partial charge < -0.3 is 14.2 Å². The molecule has 0 radical (unpaired) electrons. The first kappa shape index (κ1) is 22.0. The summed E-state index contributed by atoms with van der Waals surface area (Å²) in [5.74, 6) is 0.833. The molecule has 1 N–H and O–H groups in total. The third-order valence-electron chi connectivity index (χ3n) is 3.87.